The van der Waals surface area contributed by atoms with E-state index in [0.717, 1.165) is 21.4 Å². The van der Waals surface area contributed by atoms with Gasteiger partial charge in [0.05, 0.1) is 12.1 Å². The van der Waals surface area contributed by atoms with Gasteiger partial charge < -0.3 is 20.1 Å². The fraction of sp³-hybridized carbons (Fsp3) is 0.269. The van der Waals surface area contributed by atoms with Crippen LogP contribution in [-0.2, 0) is 17.9 Å². The maximum atomic E-state index is 14.1. The minimum Gasteiger partial charge on any atom is -0.493 e. The minimum absolute atomic E-state index is 0.00751. The van der Waals surface area contributed by atoms with E-state index in [0.29, 0.717) is 35.4 Å². The van der Waals surface area contributed by atoms with Crippen molar-refractivity contribution in [3.8, 4) is 11.5 Å². The summed E-state index contributed by atoms with van der Waals surface area (Å²) in [6.45, 7) is 4.49. The van der Waals surface area contributed by atoms with E-state index in [2.05, 4.69) is 26.6 Å². The number of nitrogens with one attached hydrogen (secondary N) is 2. The molecular weight excluding hydrogens is 523 g/mol. The van der Waals surface area contributed by atoms with E-state index in [1.165, 1.54) is 6.07 Å². The quantitative estimate of drug-likeness (QED) is 0.276. The van der Waals surface area contributed by atoms with Crippen LogP contribution < -0.4 is 20.1 Å². The summed E-state index contributed by atoms with van der Waals surface area (Å²) in [5, 5.41) is 6.59. The van der Waals surface area contributed by atoms with Crippen LogP contribution in [0.25, 0.3) is 0 Å². The molecule has 3 aromatic carbocycles. The Balaban J connectivity index is 1.68. The van der Waals surface area contributed by atoms with Crippen molar-refractivity contribution in [2.45, 2.75) is 33.4 Å². The topological polar surface area (TPSA) is 59.6 Å². The van der Waals surface area contributed by atoms with Crippen molar-refractivity contribution < 1.29 is 18.7 Å². The van der Waals surface area contributed by atoms with Gasteiger partial charge in [-0.05, 0) is 53.9 Å². The number of carbonyl (C=O) groups is 1. The zero-order valence-electron chi connectivity index (χ0n) is 19.3. The average molecular weight is 550 g/mol. The average Bonchev–Trinajstić information content (AvgIpc) is 2.77. The third-order valence-electron chi connectivity index (χ3n) is 4.99. The van der Waals surface area contributed by atoms with Crippen LogP contribution in [0, 0.1) is 11.7 Å². The summed E-state index contributed by atoms with van der Waals surface area (Å²) >= 11 is 9.67. The second kappa shape index (κ2) is 12.1. The van der Waals surface area contributed by atoms with Crippen LogP contribution in [0.1, 0.15) is 31.4 Å². The molecule has 1 amide bonds. The van der Waals surface area contributed by atoms with E-state index < -0.39 is 5.82 Å². The molecule has 2 N–H and O–H groups in total. The number of halogens is 3. The van der Waals surface area contributed by atoms with E-state index in [9.17, 15) is 9.18 Å². The molecule has 0 saturated heterocycles. The van der Waals surface area contributed by atoms with Crippen LogP contribution in [0.15, 0.2) is 59.1 Å². The molecule has 8 heteroatoms. The van der Waals surface area contributed by atoms with Crippen LogP contribution in [0.5, 0.6) is 11.5 Å². The van der Waals surface area contributed by atoms with E-state index >= 15 is 0 Å². The molecule has 0 atom stereocenters. The van der Waals surface area contributed by atoms with E-state index in [4.69, 9.17) is 21.1 Å². The van der Waals surface area contributed by atoms with Crippen LogP contribution in [0.3, 0.4) is 0 Å². The lowest BCUT2D eigenvalue weighted by Gasteiger charge is -2.16. The molecule has 0 heterocycles. The molecule has 0 aliphatic heterocycles. The van der Waals surface area contributed by atoms with Gasteiger partial charge in [0, 0.05) is 34.4 Å². The standard InChI is InChI=1S/C26H27BrClFN2O3/c1-16(2)10-26(32)31-19-7-4-6-18(12-19)30-14-17-11-24(33-3)25(13-21(17)27)34-15-20-22(28)8-5-9-23(20)29/h4-9,11-13,16,30H,10,14-15H2,1-3H3,(H,31,32). The second-order valence-electron chi connectivity index (χ2n) is 8.16. The van der Waals surface area contributed by atoms with Gasteiger partial charge in [0.1, 0.15) is 12.4 Å². The highest BCUT2D eigenvalue weighted by atomic mass is 79.9. The zero-order valence-corrected chi connectivity index (χ0v) is 21.6. The Hall–Kier alpha value is -2.77. The minimum atomic E-state index is -0.422. The summed E-state index contributed by atoms with van der Waals surface area (Å²) in [4.78, 5) is 12.1. The molecule has 3 rings (SSSR count). The predicted molar refractivity (Wildman–Crippen MR) is 138 cm³/mol. The van der Waals surface area contributed by atoms with Gasteiger partial charge in [0.2, 0.25) is 5.91 Å². The molecule has 0 fully saturated rings. The number of rotatable bonds is 10. The normalized spacial score (nSPS) is 10.8. The molecule has 0 aliphatic rings. The molecule has 3 aromatic rings. The number of hydrogen-bond acceptors (Lipinski definition) is 4. The number of carbonyl (C=O) groups excluding carboxylic acids is 1. The Bertz CT molecular complexity index is 1140. The molecule has 0 radical (unpaired) electrons. The Morgan fingerprint density at radius 3 is 2.53 bits per heavy atom. The first-order valence-electron chi connectivity index (χ1n) is 10.8. The number of amides is 1. The van der Waals surface area contributed by atoms with E-state index in [1.54, 1.807) is 25.3 Å². The summed E-state index contributed by atoms with van der Waals surface area (Å²) in [6, 6.07) is 15.7. The monoisotopic (exact) mass is 548 g/mol. The van der Waals surface area contributed by atoms with Gasteiger partial charge in [0.25, 0.3) is 0 Å². The van der Waals surface area contributed by atoms with Gasteiger partial charge in [-0.25, -0.2) is 4.39 Å². The van der Waals surface area contributed by atoms with Crippen molar-refractivity contribution in [3.05, 3.63) is 81.0 Å². The first-order chi connectivity index (χ1) is 16.3. The lowest BCUT2D eigenvalue weighted by Crippen LogP contribution is -2.13. The second-order valence-corrected chi connectivity index (χ2v) is 9.43. The van der Waals surface area contributed by atoms with Crippen LogP contribution >= 0.6 is 27.5 Å². The predicted octanol–water partition coefficient (Wildman–Crippen LogP) is 7.43. The number of benzene rings is 3. The zero-order chi connectivity index (χ0) is 24.7. The first-order valence-corrected chi connectivity index (χ1v) is 12.0. The molecule has 0 bridgehead atoms. The number of ether oxygens (including phenoxy) is 2. The van der Waals surface area contributed by atoms with Gasteiger partial charge >= 0.3 is 0 Å². The summed E-state index contributed by atoms with van der Waals surface area (Å²) in [5.41, 5.74) is 2.82. The Morgan fingerprint density at radius 2 is 1.82 bits per heavy atom. The Kier molecular flexibility index (Phi) is 9.19. The van der Waals surface area contributed by atoms with Gasteiger partial charge in [-0.2, -0.15) is 0 Å². The van der Waals surface area contributed by atoms with Crippen LogP contribution in [0.2, 0.25) is 5.02 Å². The molecule has 0 unspecified atom stereocenters. The molecule has 0 saturated carbocycles. The third kappa shape index (κ3) is 7.11. The highest BCUT2D eigenvalue weighted by Crippen LogP contribution is 2.35. The molecule has 34 heavy (non-hydrogen) atoms. The number of anilines is 2. The number of methoxy groups -OCH3 is 1. The van der Waals surface area contributed by atoms with E-state index in [-0.39, 0.29) is 18.1 Å². The smallest absolute Gasteiger partial charge is 0.224 e. The van der Waals surface area contributed by atoms with Crippen LogP contribution in [0.4, 0.5) is 15.8 Å². The van der Waals surface area contributed by atoms with Crippen molar-refractivity contribution in [2.24, 2.45) is 5.92 Å². The number of hydrogen-bond donors (Lipinski definition) is 2. The fourth-order valence-corrected chi connectivity index (χ4v) is 3.97. The van der Waals surface area contributed by atoms with Crippen molar-refractivity contribution in [1.82, 2.24) is 0 Å². The van der Waals surface area contributed by atoms with Crippen molar-refractivity contribution in [1.29, 1.82) is 0 Å². The van der Waals surface area contributed by atoms with Gasteiger partial charge in [-0.1, -0.05) is 53.5 Å². The van der Waals surface area contributed by atoms with Crippen LogP contribution in [-0.4, -0.2) is 13.0 Å². The maximum absolute atomic E-state index is 14.1. The first kappa shape index (κ1) is 25.8. The van der Waals surface area contributed by atoms with Crippen molar-refractivity contribution in [3.63, 3.8) is 0 Å². The maximum Gasteiger partial charge on any atom is 0.224 e. The van der Waals surface area contributed by atoms with Crippen molar-refractivity contribution >= 4 is 44.8 Å². The van der Waals surface area contributed by atoms with Gasteiger partial charge in [-0.3, -0.25) is 4.79 Å². The summed E-state index contributed by atoms with van der Waals surface area (Å²) in [6.07, 6.45) is 0.474. The molecular formula is C26H27BrClFN2O3. The van der Waals surface area contributed by atoms with Gasteiger partial charge in [0.15, 0.2) is 11.5 Å². The fourth-order valence-electron chi connectivity index (χ4n) is 3.29. The molecule has 180 valence electrons. The lowest BCUT2D eigenvalue weighted by molar-refractivity contribution is -0.116. The SMILES string of the molecule is COc1cc(CNc2cccc(NC(=O)CC(C)C)c2)c(Br)cc1OCc1c(F)cccc1Cl. The molecule has 0 aromatic heterocycles. The summed E-state index contributed by atoms with van der Waals surface area (Å²) in [7, 11) is 1.55. The summed E-state index contributed by atoms with van der Waals surface area (Å²) < 4.78 is 26.2. The molecule has 5 nitrogen and oxygen atoms in total. The molecule has 0 spiro atoms. The summed E-state index contributed by atoms with van der Waals surface area (Å²) in [5.74, 6) is 0.847. The lowest BCUT2D eigenvalue weighted by atomic mass is 10.1. The van der Waals surface area contributed by atoms with Crippen molar-refractivity contribution in [2.75, 3.05) is 17.7 Å². The third-order valence-corrected chi connectivity index (χ3v) is 6.08. The largest absolute Gasteiger partial charge is 0.493 e. The van der Waals surface area contributed by atoms with Gasteiger partial charge in [-0.15, -0.1) is 0 Å². The highest BCUT2D eigenvalue weighted by molar-refractivity contribution is 9.10. The molecule has 0 aliphatic carbocycles. The Morgan fingerprint density at radius 1 is 1.09 bits per heavy atom. The Labute approximate surface area is 212 Å². The van der Waals surface area contributed by atoms with E-state index in [1.807, 2.05) is 44.2 Å². The highest BCUT2D eigenvalue weighted by Gasteiger charge is 2.14.